The number of terminal acetylenes is 1. The number of aromatic nitrogens is 3. The molecule has 2 N–H and O–H groups in total. The average molecular weight is 286 g/mol. The minimum absolute atomic E-state index is 0.0817. The third kappa shape index (κ3) is 3.14. The summed E-state index contributed by atoms with van der Waals surface area (Å²) in [5, 5.41) is 16.5. The quantitative estimate of drug-likeness (QED) is 0.839. The van der Waals surface area contributed by atoms with Gasteiger partial charge in [0.25, 0.3) is 0 Å². The Morgan fingerprint density at radius 1 is 1.57 bits per heavy atom. The van der Waals surface area contributed by atoms with Crippen LogP contribution in [0, 0.1) is 12.3 Å². The van der Waals surface area contributed by atoms with E-state index in [4.69, 9.17) is 11.5 Å². The second-order valence-corrected chi connectivity index (χ2v) is 5.83. The van der Waals surface area contributed by atoms with Gasteiger partial charge in [-0.15, -0.1) is 12.3 Å². The topological polar surface area (TPSA) is 79.5 Å². The van der Waals surface area contributed by atoms with Crippen molar-refractivity contribution in [2.24, 2.45) is 0 Å². The first kappa shape index (κ1) is 14.9. The molecule has 0 saturated heterocycles. The Kier molecular flexibility index (Phi) is 3.85. The van der Waals surface area contributed by atoms with Crippen molar-refractivity contribution >= 4 is 17.3 Å². The summed E-state index contributed by atoms with van der Waals surface area (Å²) in [7, 11) is 0. The molecule has 6 nitrogen and oxygen atoms in total. The van der Waals surface area contributed by atoms with E-state index in [1.165, 1.54) is 0 Å². The zero-order chi connectivity index (χ0) is 15.6. The molecule has 2 rings (SSSR count). The predicted molar refractivity (Wildman–Crippen MR) is 80.2 cm³/mol. The van der Waals surface area contributed by atoms with Gasteiger partial charge in [0.15, 0.2) is 5.82 Å². The number of fused-ring (bicyclic) bond motifs is 1. The summed E-state index contributed by atoms with van der Waals surface area (Å²) in [6.07, 6.45) is 8.59. The Morgan fingerprint density at radius 2 is 2.29 bits per heavy atom. The van der Waals surface area contributed by atoms with E-state index in [2.05, 4.69) is 42.1 Å². The Balaban J connectivity index is 2.43. The molecule has 0 saturated carbocycles. The molecule has 1 unspecified atom stereocenters. The predicted octanol–water partition coefficient (Wildman–Crippen LogP) is 1.92. The van der Waals surface area contributed by atoms with Crippen molar-refractivity contribution in [1.82, 2.24) is 14.6 Å². The highest BCUT2D eigenvalue weighted by atomic mass is 16.4. The Bertz CT molecular complexity index is 707. The van der Waals surface area contributed by atoms with E-state index in [-0.39, 0.29) is 11.8 Å². The van der Waals surface area contributed by atoms with E-state index >= 15 is 0 Å². The molecule has 0 amide bonds. The van der Waals surface area contributed by atoms with Gasteiger partial charge in [-0.05, 0) is 6.07 Å². The summed E-state index contributed by atoms with van der Waals surface area (Å²) in [5.74, 6) is 1.81. The lowest BCUT2D eigenvalue weighted by Crippen LogP contribution is -2.29. The SMILES string of the molecule is C#CCC(Nc1nccn2nc(C(C)(C)C)cc12)C(=O)O. The van der Waals surface area contributed by atoms with Crippen LogP contribution in [-0.2, 0) is 10.2 Å². The highest BCUT2D eigenvalue weighted by Gasteiger charge is 2.21. The van der Waals surface area contributed by atoms with Gasteiger partial charge in [-0.25, -0.2) is 14.3 Å². The van der Waals surface area contributed by atoms with Gasteiger partial charge in [-0.3, -0.25) is 0 Å². The van der Waals surface area contributed by atoms with Gasteiger partial charge in [0.2, 0.25) is 0 Å². The Morgan fingerprint density at radius 3 is 2.86 bits per heavy atom. The summed E-state index contributed by atoms with van der Waals surface area (Å²) >= 11 is 0. The van der Waals surface area contributed by atoms with Gasteiger partial charge in [0.1, 0.15) is 11.6 Å². The lowest BCUT2D eigenvalue weighted by Gasteiger charge is -2.13. The molecule has 1 atom stereocenters. The van der Waals surface area contributed by atoms with E-state index in [1.807, 2.05) is 6.07 Å². The molecule has 0 aliphatic heterocycles. The van der Waals surface area contributed by atoms with Crippen molar-refractivity contribution in [3.05, 3.63) is 24.2 Å². The summed E-state index contributed by atoms with van der Waals surface area (Å²) in [6.45, 7) is 6.19. The van der Waals surface area contributed by atoms with Gasteiger partial charge < -0.3 is 10.4 Å². The molecule has 110 valence electrons. The van der Waals surface area contributed by atoms with E-state index in [0.717, 1.165) is 11.2 Å². The van der Waals surface area contributed by atoms with Crippen molar-refractivity contribution in [1.29, 1.82) is 0 Å². The van der Waals surface area contributed by atoms with Gasteiger partial charge >= 0.3 is 5.97 Å². The molecule has 2 aromatic heterocycles. The molecule has 0 aromatic carbocycles. The van der Waals surface area contributed by atoms with Crippen molar-refractivity contribution in [3.63, 3.8) is 0 Å². The second-order valence-electron chi connectivity index (χ2n) is 5.83. The summed E-state index contributed by atoms with van der Waals surface area (Å²) in [4.78, 5) is 15.4. The number of hydrogen-bond donors (Lipinski definition) is 2. The zero-order valence-electron chi connectivity index (χ0n) is 12.3. The number of hydrogen-bond acceptors (Lipinski definition) is 4. The number of nitrogens with one attached hydrogen (secondary N) is 1. The fourth-order valence-corrected chi connectivity index (χ4v) is 1.88. The molecule has 0 radical (unpaired) electrons. The normalized spacial score (nSPS) is 12.9. The molecular weight excluding hydrogens is 268 g/mol. The van der Waals surface area contributed by atoms with Crippen molar-refractivity contribution in [2.75, 3.05) is 5.32 Å². The molecule has 21 heavy (non-hydrogen) atoms. The number of carboxylic acid groups (broad SMARTS) is 1. The fourth-order valence-electron chi connectivity index (χ4n) is 1.88. The number of nitrogens with zero attached hydrogens (tertiary/aromatic N) is 3. The lowest BCUT2D eigenvalue weighted by atomic mass is 9.92. The Labute approximate surface area is 123 Å². The van der Waals surface area contributed by atoms with E-state index in [9.17, 15) is 4.79 Å². The molecule has 0 aliphatic carbocycles. The van der Waals surface area contributed by atoms with Gasteiger partial charge in [0.05, 0.1) is 5.69 Å². The van der Waals surface area contributed by atoms with Crippen LogP contribution in [-0.4, -0.2) is 31.7 Å². The molecule has 6 heteroatoms. The minimum atomic E-state index is -1.01. The Hall–Kier alpha value is -2.55. The highest BCUT2D eigenvalue weighted by Crippen LogP contribution is 2.24. The molecule has 2 aromatic rings. The third-order valence-corrected chi connectivity index (χ3v) is 3.09. The first-order chi connectivity index (χ1) is 9.82. The van der Waals surface area contributed by atoms with Crippen molar-refractivity contribution in [2.45, 2.75) is 38.6 Å². The second kappa shape index (κ2) is 5.44. The first-order valence-corrected chi connectivity index (χ1v) is 6.60. The lowest BCUT2D eigenvalue weighted by molar-refractivity contribution is -0.137. The van der Waals surface area contributed by atoms with Crippen LogP contribution in [0.15, 0.2) is 18.5 Å². The van der Waals surface area contributed by atoms with Crippen LogP contribution in [0.25, 0.3) is 5.52 Å². The molecule has 0 spiro atoms. The summed E-state index contributed by atoms with van der Waals surface area (Å²) in [5.41, 5.74) is 1.53. The summed E-state index contributed by atoms with van der Waals surface area (Å²) in [6, 6.07) is 1.03. The maximum Gasteiger partial charge on any atom is 0.327 e. The van der Waals surface area contributed by atoms with Crippen molar-refractivity contribution < 1.29 is 9.90 Å². The van der Waals surface area contributed by atoms with Crippen LogP contribution in [0.1, 0.15) is 32.9 Å². The highest BCUT2D eigenvalue weighted by molar-refractivity contribution is 5.80. The van der Waals surface area contributed by atoms with Crippen LogP contribution >= 0.6 is 0 Å². The molecule has 2 heterocycles. The first-order valence-electron chi connectivity index (χ1n) is 6.60. The van der Waals surface area contributed by atoms with Crippen LogP contribution < -0.4 is 5.32 Å². The van der Waals surface area contributed by atoms with E-state index in [1.54, 1.807) is 16.9 Å². The largest absolute Gasteiger partial charge is 0.480 e. The number of carboxylic acids is 1. The fraction of sp³-hybridized carbons (Fsp3) is 0.400. The van der Waals surface area contributed by atoms with Gasteiger partial charge in [-0.2, -0.15) is 5.10 Å². The standard InChI is InChI=1S/C15H18N4O2/c1-5-6-10(14(20)21)17-13-11-9-12(15(2,3)4)18-19(11)8-7-16-13/h1,7-10H,6H2,2-4H3,(H,16,17)(H,20,21). The van der Waals surface area contributed by atoms with Gasteiger partial charge in [0, 0.05) is 24.2 Å². The van der Waals surface area contributed by atoms with Gasteiger partial charge in [-0.1, -0.05) is 20.8 Å². The average Bonchev–Trinajstić information content (AvgIpc) is 2.83. The number of anilines is 1. The van der Waals surface area contributed by atoms with E-state index < -0.39 is 12.0 Å². The number of carbonyl (C=O) groups is 1. The maximum atomic E-state index is 11.2. The molecule has 0 bridgehead atoms. The number of rotatable bonds is 4. The molecule has 0 fully saturated rings. The van der Waals surface area contributed by atoms with Crippen LogP contribution in [0.3, 0.4) is 0 Å². The third-order valence-electron chi connectivity index (χ3n) is 3.09. The van der Waals surface area contributed by atoms with E-state index in [0.29, 0.717) is 5.82 Å². The summed E-state index contributed by atoms with van der Waals surface area (Å²) < 4.78 is 1.69. The zero-order valence-corrected chi connectivity index (χ0v) is 12.3. The minimum Gasteiger partial charge on any atom is -0.480 e. The molecule has 0 aliphatic rings. The maximum absolute atomic E-state index is 11.2. The smallest absolute Gasteiger partial charge is 0.327 e. The van der Waals surface area contributed by atoms with Crippen LogP contribution in [0.4, 0.5) is 5.82 Å². The van der Waals surface area contributed by atoms with Crippen molar-refractivity contribution in [3.8, 4) is 12.3 Å². The molecular formula is C15H18N4O2. The van der Waals surface area contributed by atoms with Crippen LogP contribution in [0.2, 0.25) is 0 Å². The number of aliphatic carboxylic acids is 1. The van der Waals surface area contributed by atoms with Crippen LogP contribution in [0.5, 0.6) is 0 Å². The monoisotopic (exact) mass is 286 g/mol.